The molecule has 1 aromatic rings. The van der Waals surface area contributed by atoms with Crippen molar-refractivity contribution < 1.29 is 4.74 Å². The van der Waals surface area contributed by atoms with Gasteiger partial charge in [0.25, 0.3) is 0 Å². The predicted octanol–water partition coefficient (Wildman–Crippen LogP) is 1.90. The third-order valence-corrected chi connectivity index (χ3v) is 3.20. The van der Waals surface area contributed by atoms with E-state index in [1.165, 1.54) is 5.69 Å². The van der Waals surface area contributed by atoms with Gasteiger partial charge in [0.15, 0.2) is 5.75 Å². The number of hydrogen-bond acceptors (Lipinski definition) is 4. The molecular weight excluding hydrogens is 240 g/mol. The van der Waals surface area contributed by atoms with Crippen LogP contribution in [0.5, 0.6) is 5.75 Å². The number of hydrogen-bond donors (Lipinski definition) is 1. The Bertz CT molecular complexity index is 341. The van der Waals surface area contributed by atoms with Gasteiger partial charge in [0.05, 0.1) is 25.0 Å². The fourth-order valence-electron chi connectivity index (χ4n) is 2.18. The van der Waals surface area contributed by atoms with Crippen molar-refractivity contribution >= 4 is 0 Å². The summed E-state index contributed by atoms with van der Waals surface area (Å²) in [4.78, 5) is 2.21. The van der Waals surface area contributed by atoms with Gasteiger partial charge in [0.2, 0.25) is 0 Å². The van der Waals surface area contributed by atoms with Crippen molar-refractivity contribution in [3.05, 3.63) is 11.9 Å². The highest BCUT2D eigenvalue weighted by atomic mass is 16.5. The molecule has 0 aromatic carbocycles. The van der Waals surface area contributed by atoms with Crippen LogP contribution in [0.25, 0.3) is 0 Å². The van der Waals surface area contributed by atoms with E-state index in [1.54, 1.807) is 7.11 Å². The Hall–Kier alpha value is -1.07. The van der Waals surface area contributed by atoms with E-state index in [-0.39, 0.29) is 0 Å². The van der Waals surface area contributed by atoms with Crippen molar-refractivity contribution in [2.75, 3.05) is 34.3 Å². The molecule has 5 nitrogen and oxygen atoms in total. The van der Waals surface area contributed by atoms with Gasteiger partial charge < -0.3 is 15.0 Å². The van der Waals surface area contributed by atoms with Crippen LogP contribution in [0.15, 0.2) is 6.20 Å². The number of nitrogens with one attached hydrogen (secondary N) is 1. The van der Waals surface area contributed by atoms with Crippen molar-refractivity contribution in [2.45, 2.75) is 39.3 Å². The first-order valence-electron chi connectivity index (χ1n) is 7.11. The molecule has 1 heterocycles. The smallest absolute Gasteiger partial charge is 0.161 e. The standard InChI is InChI=1S/C14H28N4O/c1-6-9-15-12(8-10-17(3)4)14-13(19-5)11-16-18(14)7-2/h11-12,15H,6-10H2,1-5H3. The van der Waals surface area contributed by atoms with Crippen LogP contribution in [0.3, 0.4) is 0 Å². The second-order valence-corrected chi connectivity index (χ2v) is 5.01. The predicted molar refractivity (Wildman–Crippen MR) is 78.7 cm³/mol. The monoisotopic (exact) mass is 268 g/mol. The maximum Gasteiger partial charge on any atom is 0.161 e. The van der Waals surface area contributed by atoms with Crippen molar-refractivity contribution in [2.24, 2.45) is 0 Å². The normalized spacial score (nSPS) is 12.9. The third-order valence-electron chi connectivity index (χ3n) is 3.20. The lowest BCUT2D eigenvalue weighted by molar-refractivity contribution is 0.340. The van der Waals surface area contributed by atoms with Gasteiger partial charge >= 0.3 is 0 Å². The van der Waals surface area contributed by atoms with Crippen LogP contribution in [0.1, 0.15) is 38.4 Å². The quantitative estimate of drug-likeness (QED) is 0.743. The molecule has 0 aliphatic carbocycles. The lowest BCUT2D eigenvalue weighted by Gasteiger charge is -2.22. The van der Waals surface area contributed by atoms with E-state index in [4.69, 9.17) is 4.74 Å². The van der Waals surface area contributed by atoms with E-state index in [0.717, 1.165) is 38.2 Å². The fourth-order valence-corrected chi connectivity index (χ4v) is 2.18. The number of nitrogens with zero attached hydrogens (tertiary/aromatic N) is 3. The topological polar surface area (TPSA) is 42.3 Å². The third kappa shape index (κ3) is 4.51. The van der Waals surface area contributed by atoms with Gasteiger partial charge in [-0.2, -0.15) is 5.10 Å². The molecule has 0 aliphatic rings. The van der Waals surface area contributed by atoms with Gasteiger partial charge in [0, 0.05) is 6.54 Å². The largest absolute Gasteiger partial charge is 0.493 e. The molecule has 0 fully saturated rings. The Morgan fingerprint density at radius 2 is 2.16 bits per heavy atom. The summed E-state index contributed by atoms with van der Waals surface area (Å²) in [6, 6.07) is 0.291. The summed E-state index contributed by atoms with van der Waals surface area (Å²) in [6.07, 6.45) is 3.99. The summed E-state index contributed by atoms with van der Waals surface area (Å²) in [5.74, 6) is 0.884. The van der Waals surface area contributed by atoms with E-state index in [1.807, 2.05) is 10.9 Å². The summed E-state index contributed by atoms with van der Waals surface area (Å²) in [5.41, 5.74) is 1.17. The summed E-state index contributed by atoms with van der Waals surface area (Å²) in [7, 11) is 5.92. The van der Waals surface area contributed by atoms with Gasteiger partial charge in [-0.1, -0.05) is 6.92 Å². The molecule has 1 N–H and O–H groups in total. The summed E-state index contributed by atoms with van der Waals surface area (Å²) in [6.45, 7) is 7.21. The molecule has 1 unspecified atom stereocenters. The van der Waals surface area contributed by atoms with Crippen molar-refractivity contribution in [1.82, 2.24) is 20.0 Å². The van der Waals surface area contributed by atoms with Gasteiger partial charge in [0.1, 0.15) is 0 Å². The molecule has 1 atom stereocenters. The molecule has 0 aliphatic heterocycles. The Kier molecular flexibility index (Phi) is 6.87. The highest BCUT2D eigenvalue weighted by Gasteiger charge is 2.20. The van der Waals surface area contributed by atoms with Gasteiger partial charge in [-0.3, -0.25) is 4.68 Å². The zero-order valence-corrected chi connectivity index (χ0v) is 12.9. The lowest BCUT2D eigenvalue weighted by atomic mass is 10.1. The van der Waals surface area contributed by atoms with Crippen LogP contribution < -0.4 is 10.1 Å². The zero-order chi connectivity index (χ0) is 14.3. The number of aromatic nitrogens is 2. The van der Waals surface area contributed by atoms with Gasteiger partial charge in [-0.15, -0.1) is 0 Å². The molecule has 5 heteroatoms. The van der Waals surface area contributed by atoms with Crippen LogP contribution in [0.2, 0.25) is 0 Å². The molecule has 1 rings (SSSR count). The number of methoxy groups -OCH3 is 1. The first-order chi connectivity index (χ1) is 9.13. The van der Waals surface area contributed by atoms with Gasteiger partial charge in [-0.05, 0) is 47.0 Å². The van der Waals surface area contributed by atoms with Crippen LogP contribution >= 0.6 is 0 Å². The average Bonchev–Trinajstić information content (AvgIpc) is 2.81. The fraction of sp³-hybridized carbons (Fsp3) is 0.786. The van der Waals surface area contributed by atoms with Crippen LogP contribution in [0.4, 0.5) is 0 Å². The molecule has 0 spiro atoms. The first-order valence-corrected chi connectivity index (χ1v) is 7.11. The Labute approximate surface area is 116 Å². The van der Waals surface area contributed by atoms with E-state index in [9.17, 15) is 0 Å². The molecule has 0 radical (unpaired) electrons. The van der Waals surface area contributed by atoms with E-state index >= 15 is 0 Å². The maximum absolute atomic E-state index is 5.46. The number of aryl methyl sites for hydroxylation is 1. The molecule has 0 amide bonds. The molecular formula is C14H28N4O. The Balaban J connectivity index is 2.90. The second kappa shape index (κ2) is 8.17. The Morgan fingerprint density at radius 1 is 1.42 bits per heavy atom. The number of ether oxygens (including phenoxy) is 1. The highest BCUT2D eigenvalue weighted by Crippen LogP contribution is 2.27. The summed E-state index contributed by atoms with van der Waals surface area (Å²) < 4.78 is 7.49. The second-order valence-electron chi connectivity index (χ2n) is 5.01. The molecule has 1 aromatic heterocycles. The molecule has 0 saturated heterocycles. The van der Waals surface area contributed by atoms with Crippen LogP contribution in [0, 0.1) is 0 Å². The zero-order valence-electron chi connectivity index (χ0n) is 12.9. The van der Waals surface area contributed by atoms with E-state index < -0.39 is 0 Å². The van der Waals surface area contributed by atoms with Crippen molar-refractivity contribution in [3.63, 3.8) is 0 Å². The van der Waals surface area contributed by atoms with Crippen LogP contribution in [-0.2, 0) is 6.54 Å². The molecule has 0 saturated carbocycles. The van der Waals surface area contributed by atoms with Gasteiger partial charge in [-0.25, -0.2) is 0 Å². The average molecular weight is 268 g/mol. The SMILES string of the molecule is CCCNC(CCN(C)C)c1c(OC)cnn1CC. The minimum absolute atomic E-state index is 0.291. The minimum Gasteiger partial charge on any atom is -0.493 e. The lowest BCUT2D eigenvalue weighted by Crippen LogP contribution is -2.28. The van der Waals surface area contributed by atoms with Crippen LogP contribution in [-0.4, -0.2) is 49.0 Å². The minimum atomic E-state index is 0.291. The van der Waals surface area contributed by atoms with E-state index in [2.05, 4.69) is 43.3 Å². The number of rotatable bonds is 9. The summed E-state index contributed by atoms with van der Waals surface area (Å²) in [5, 5.41) is 8.01. The highest BCUT2D eigenvalue weighted by molar-refractivity contribution is 5.28. The van der Waals surface area contributed by atoms with E-state index in [0.29, 0.717) is 6.04 Å². The molecule has 19 heavy (non-hydrogen) atoms. The first kappa shape index (κ1) is 16.0. The molecule has 110 valence electrons. The van der Waals surface area contributed by atoms with Crippen molar-refractivity contribution in [3.8, 4) is 5.75 Å². The van der Waals surface area contributed by atoms with Crippen molar-refractivity contribution in [1.29, 1.82) is 0 Å². The summed E-state index contributed by atoms with van der Waals surface area (Å²) >= 11 is 0. The molecule has 0 bridgehead atoms. The maximum atomic E-state index is 5.46. The Morgan fingerprint density at radius 3 is 2.68 bits per heavy atom.